The normalized spacial score (nSPS) is 22.9. The number of aldehydes is 1. The average Bonchev–Trinajstić information content (AvgIpc) is 2.94. The fourth-order valence-corrected chi connectivity index (χ4v) is 4.46. The average molecular weight is 361 g/mol. The lowest BCUT2D eigenvalue weighted by molar-refractivity contribution is -0.104. The molecule has 0 unspecified atom stereocenters. The minimum atomic E-state index is -0.283. The molecule has 3 nitrogen and oxygen atoms in total. The van der Waals surface area contributed by atoms with Crippen molar-refractivity contribution in [1.82, 2.24) is 9.80 Å². The second-order valence-corrected chi connectivity index (χ2v) is 7.12. The highest BCUT2D eigenvalue weighted by atomic mass is 16.1. The smallest absolute Gasteiger partial charge is 0.142 e. The lowest BCUT2D eigenvalue weighted by Gasteiger charge is -2.40. The van der Waals surface area contributed by atoms with Gasteiger partial charge in [-0.15, -0.1) is 0 Å². The first-order valence-corrected chi connectivity index (χ1v) is 9.45. The van der Waals surface area contributed by atoms with E-state index in [1.54, 1.807) is 6.08 Å². The molecule has 0 spiro atoms. The van der Waals surface area contributed by atoms with E-state index in [2.05, 4.69) is 97.2 Å². The second-order valence-electron chi connectivity index (χ2n) is 7.12. The van der Waals surface area contributed by atoms with E-state index in [-0.39, 0.29) is 17.7 Å². The van der Waals surface area contributed by atoms with Gasteiger partial charge in [0.2, 0.25) is 0 Å². The molecule has 140 valence electrons. The minimum absolute atomic E-state index is 0.214. The van der Waals surface area contributed by atoms with Gasteiger partial charge in [0.05, 0.1) is 17.7 Å². The third-order valence-corrected chi connectivity index (χ3v) is 5.86. The molecular formula is C24H28N2O. The molecule has 0 amide bonds. The highest BCUT2D eigenvalue weighted by molar-refractivity contribution is 5.64. The zero-order valence-corrected chi connectivity index (χ0v) is 16.2. The summed E-state index contributed by atoms with van der Waals surface area (Å²) in [4.78, 5) is 15.5. The molecule has 0 aliphatic carbocycles. The molecule has 0 radical (unpaired) electrons. The molecule has 3 rings (SSSR count). The van der Waals surface area contributed by atoms with Gasteiger partial charge in [-0.25, -0.2) is 0 Å². The van der Waals surface area contributed by atoms with E-state index in [9.17, 15) is 4.79 Å². The number of hydrogen-bond donors (Lipinski definition) is 0. The van der Waals surface area contributed by atoms with Crippen LogP contribution < -0.4 is 0 Å². The first kappa shape index (κ1) is 19.3. The summed E-state index contributed by atoms with van der Waals surface area (Å²) in [5, 5.41) is 0. The Morgan fingerprint density at radius 2 is 1.41 bits per heavy atom. The SMILES string of the molecule is C=CC1(CC/C=C/C=O)N(C)[C@@H](c2ccccc2)[C@H](c2ccccc2)N1C. The zero-order valence-electron chi connectivity index (χ0n) is 16.2. The van der Waals surface area contributed by atoms with Crippen LogP contribution in [0.4, 0.5) is 0 Å². The second kappa shape index (κ2) is 8.47. The fraction of sp³-hybridized carbons (Fsp3) is 0.292. The van der Waals surface area contributed by atoms with Gasteiger partial charge in [-0.05, 0) is 44.1 Å². The van der Waals surface area contributed by atoms with Gasteiger partial charge in [-0.2, -0.15) is 0 Å². The first-order valence-electron chi connectivity index (χ1n) is 9.45. The quantitative estimate of drug-likeness (QED) is 0.404. The van der Waals surface area contributed by atoms with Crippen molar-refractivity contribution in [3.8, 4) is 0 Å². The highest BCUT2D eigenvalue weighted by Crippen LogP contribution is 2.51. The summed E-state index contributed by atoms with van der Waals surface area (Å²) < 4.78 is 0. The molecule has 1 aliphatic heterocycles. The van der Waals surface area contributed by atoms with Gasteiger partial charge >= 0.3 is 0 Å². The van der Waals surface area contributed by atoms with E-state index < -0.39 is 0 Å². The van der Waals surface area contributed by atoms with Gasteiger partial charge in [0.1, 0.15) is 6.29 Å². The van der Waals surface area contributed by atoms with Crippen LogP contribution in [0.2, 0.25) is 0 Å². The van der Waals surface area contributed by atoms with Crippen LogP contribution in [0.25, 0.3) is 0 Å². The summed E-state index contributed by atoms with van der Waals surface area (Å²) in [6.45, 7) is 4.19. The summed E-state index contributed by atoms with van der Waals surface area (Å²) in [7, 11) is 4.37. The Labute approximate surface area is 162 Å². The summed E-state index contributed by atoms with van der Waals surface area (Å²) in [5.74, 6) is 0. The van der Waals surface area contributed by atoms with Gasteiger partial charge in [0.25, 0.3) is 0 Å². The van der Waals surface area contributed by atoms with Gasteiger partial charge in [0.15, 0.2) is 0 Å². The predicted molar refractivity (Wildman–Crippen MR) is 111 cm³/mol. The molecule has 1 aliphatic rings. The molecule has 0 aromatic heterocycles. The van der Waals surface area contributed by atoms with Gasteiger partial charge in [-0.1, -0.05) is 79.4 Å². The number of nitrogens with zero attached hydrogens (tertiary/aromatic N) is 2. The number of likely N-dealkylation sites (N-methyl/N-ethyl adjacent to an activating group) is 2. The van der Waals surface area contributed by atoms with Gasteiger partial charge in [-0.3, -0.25) is 14.6 Å². The first-order chi connectivity index (χ1) is 13.2. The number of allylic oxidation sites excluding steroid dienone is 2. The van der Waals surface area contributed by atoms with Crippen LogP contribution in [-0.4, -0.2) is 35.8 Å². The van der Waals surface area contributed by atoms with Crippen LogP contribution in [0.5, 0.6) is 0 Å². The predicted octanol–water partition coefficient (Wildman–Crippen LogP) is 4.76. The monoisotopic (exact) mass is 360 g/mol. The van der Waals surface area contributed by atoms with E-state index in [0.29, 0.717) is 0 Å². The van der Waals surface area contributed by atoms with Crippen LogP contribution >= 0.6 is 0 Å². The van der Waals surface area contributed by atoms with E-state index in [1.165, 1.54) is 11.1 Å². The van der Waals surface area contributed by atoms with E-state index in [4.69, 9.17) is 0 Å². The van der Waals surface area contributed by atoms with Crippen molar-refractivity contribution in [2.75, 3.05) is 14.1 Å². The zero-order chi connectivity index (χ0) is 19.3. The molecular weight excluding hydrogens is 332 g/mol. The number of hydrogen-bond acceptors (Lipinski definition) is 3. The lowest BCUT2D eigenvalue weighted by Crippen LogP contribution is -2.49. The topological polar surface area (TPSA) is 23.6 Å². The van der Waals surface area contributed by atoms with Crippen LogP contribution in [0.1, 0.15) is 36.1 Å². The Kier molecular flexibility index (Phi) is 6.04. The van der Waals surface area contributed by atoms with Crippen molar-refractivity contribution >= 4 is 6.29 Å². The minimum Gasteiger partial charge on any atom is -0.299 e. The largest absolute Gasteiger partial charge is 0.299 e. The molecule has 1 fully saturated rings. The molecule has 2 aromatic rings. The maximum absolute atomic E-state index is 10.6. The standard InChI is InChI=1S/C24H28N2O/c1-4-24(18-12-7-13-19-27)25(2)22(20-14-8-5-9-15-20)23(26(24)3)21-16-10-6-11-17-21/h4-11,13-17,19,22-23H,1,12,18H2,2-3H3/b13-7+/t22-,23-/m0/s1. The van der Waals surface area contributed by atoms with E-state index in [1.807, 2.05) is 6.08 Å². The molecule has 0 N–H and O–H groups in total. The van der Waals surface area contributed by atoms with Gasteiger partial charge < -0.3 is 0 Å². The third kappa shape index (κ3) is 3.53. The number of carbonyl (C=O) groups excluding carboxylic acids is 1. The van der Waals surface area contributed by atoms with Crippen molar-refractivity contribution in [2.45, 2.75) is 30.6 Å². The van der Waals surface area contributed by atoms with Crippen LogP contribution in [0, 0.1) is 0 Å². The Morgan fingerprint density at radius 1 is 0.926 bits per heavy atom. The molecule has 2 atom stereocenters. The molecule has 3 heteroatoms. The Morgan fingerprint density at radius 3 is 1.81 bits per heavy atom. The molecule has 0 saturated carbocycles. The molecule has 2 aromatic carbocycles. The Bertz CT molecular complexity index is 733. The molecule has 1 heterocycles. The van der Waals surface area contributed by atoms with Crippen LogP contribution in [0.3, 0.4) is 0 Å². The van der Waals surface area contributed by atoms with Crippen molar-refractivity contribution in [1.29, 1.82) is 0 Å². The fourth-order valence-electron chi connectivity index (χ4n) is 4.46. The molecule has 1 saturated heterocycles. The summed E-state index contributed by atoms with van der Waals surface area (Å²) in [5.41, 5.74) is 2.31. The van der Waals surface area contributed by atoms with Crippen molar-refractivity contribution in [3.63, 3.8) is 0 Å². The summed E-state index contributed by atoms with van der Waals surface area (Å²) in [6, 6.07) is 21.8. The lowest BCUT2D eigenvalue weighted by atomic mass is 9.93. The van der Waals surface area contributed by atoms with Crippen molar-refractivity contribution in [2.24, 2.45) is 0 Å². The van der Waals surface area contributed by atoms with Crippen molar-refractivity contribution in [3.05, 3.63) is 96.6 Å². The number of rotatable bonds is 7. The Hall–Kier alpha value is -2.49. The third-order valence-electron chi connectivity index (χ3n) is 5.86. The molecule has 0 bridgehead atoms. The van der Waals surface area contributed by atoms with Crippen molar-refractivity contribution < 1.29 is 4.79 Å². The Balaban J connectivity index is 2.05. The van der Waals surface area contributed by atoms with Crippen LogP contribution in [-0.2, 0) is 4.79 Å². The van der Waals surface area contributed by atoms with Crippen LogP contribution in [0.15, 0.2) is 85.5 Å². The summed E-state index contributed by atoms with van der Waals surface area (Å²) >= 11 is 0. The summed E-state index contributed by atoms with van der Waals surface area (Å²) in [6.07, 6.45) is 8.11. The highest BCUT2D eigenvalue weighted by Gasteiger charge is 2.52. The number of benzene rings is 2. The maximum Gasteiger partial charge on any atom is 0.142 e. The molecule has 27 heavy (non-hydrogen) atoms. The number of carbonyl (C=O) groups is 1. The van der Waals surface area contributed by atoms with E-state index in [0.717, 1.165) is 19.1 Å². The van der Waals surface area contributed by atoms with E-state index >= 15 is 0 Å². The maximum atomic E-state index is 10.6. The van der Waals surface area contributed by atoms with Gasteiger partial charge in [0, 0.05) is 0 Å².